The van der Waals surface area contributed by atoms with E-state index in [0.717, 1.165) is 30.1 Å². The van der Waals surface area contributed by atoms with Crippen LogP contribution >= 0.6 is 22.9 Å². The monoisotopic (exact) mass is 293 g/mol. The molecule has 19 heavy (non-hydrogen) atoms. The smallest absolute Gasteiger partial charge is 0.0931 e. The second-order valence-corrected chi connectivity index (χ2v) is 6.46. The fourth-order valence-corrected chi connectivity index (χ4v) is 3.27. The lowest BCUT2D eigenvalue weighted by atomic mass is 10.0. The van der Waals surface area contributed by atoms with Crippen molar-refractivity contribution in [1.29, 1.82) is 0 Å². The Balaban J connectivity index is 1.97. The predicted molar refractivity (Wildman–Crippen MR) is 85.1 cm³/mol. The molecule has 1 atom stereocenters. The maximum Gasteiger partial charge on any atom is 0.0931 e. The number of nitrogens with one attached hydrogen (secondary N) is 1. The van der Waals surface area contributed by atoms with Gasteiger partial charge in [0.25, 0.3) is 0 Å². The van der Waals surface area contributed by atoms with Crippen molar-refractivity contribution in [1.82, 2.24) is 5.32 Å². The second-order valence-electron chi connectivity index (χ2n) is 4.66. The molecular weight excluding hydrogens is 274 g/mol. The number of benzene rings is 1. The van der Waals surface area contributed by atoms with E-state index in [1.54, 1.807) is 11.3 Å². The second kappa shape index (κ2) is 7.68. The Morgan fingerprint density at radius 3 is 2.58 bits per heavy atom. The van der Waals surface area contributed by atoms with Crippen LogP contribution in [0.3, 0.4) is 0 Å². The molecule has 0 saturated carbocycles. The van der Waals surface area contributed by atoms with E-state index >= 15 is 0 Å². The third kappa shape index (κ3) is 4.64. The molecular formula is C16H20ClNS. The van der Waals surface area contributed by atoms with Crippen LogP contribution in [-0.2, 0) is 6.42 Å². The highest BCUT2D eigenvalue weighted by atomic mass is 35.5. The van der Waals surface area contributed by atoms with Gasteiger partial charge in [-0.05, 0) is 43.5 Å². The molecule has 0 bridgehead atoms. The van der Waals surface area contributed by atoms with Gasteiger partial charge in [-0.1, -0.05) is 48.9 Å². The van der Waals surface area contributed by atoms with Crippen LogP contribution in [0.25, 0.3) is 0 Å². The number of halogens is 1. The third-order valence-corrected chi connectivity index (χ3v) is 4.44. The Morgan fingerprint density at radius 1 is 1.16 bits per heavy atom. The maximum absolute atomic E-state index is 5.98. The molecule has 0 saturated heterocycles. The molecule has 0 aliphatic heterocycles. The van der Waals surface area contributed by atoms with Crippen LogP contribution in [-0.4, -0.2) is 6.54 Å². The summed E-state index contributed by atoms with van der Waals surface area (Å²) in [5.74, 6) is 0. The van der Waals surface area contributed by atoms with Gasteiger partial charge in [0.15, 0.2) is 0 Å². The number of hydrogen-bond donors (Lipinski definition) is 1. The van der Waals surface area contributed by atoms with Crippen LogP contribution in [0.4, 0.5) is 0 Å². The van der Waals surface area contributed by atoms with Crippen molar-refractivity contribution in [3.8, 4) is 0 Å². The molecule has 102 valence electrons. The molecule has 2 rings (SSSR count). The van der Waals surface area contributed by atoms with Gasteiger partial charge in [0.2, 0.25) is 0 Å². The van der Waals surface area contributed by atoms with Crippen molar-refractivity contribution >= 4 is 22.9 Å². The lowest BCUT2D eigenvalue weighted by Gasteiger charge is -2.18. The van der Waals surface area contributed by atoms with E-state index in [1.807, 2.05) is 6.07 Å². The Kier molecular flexibility index (Phi) is 5.90. The highest BCUT2D eigenvalue weighted by Crippen LogP contribution is 2.25. The minimum absolute atomic E-state index is 0.432. The van der Waals surface area contributed by atoms with Crippen molar-refractivity contribution in [2.45, 2.75) is 32.2 Å². The average molecular weight is 294 g/mol. The Hall–Kier alpha value is -0.830. The first-order chi connectivity index (χ1) is 9.29. The molecule has 0 aliphatic carbocycles. The lowest BCUT2D eigenvalue weighted by Crippen LogP contribution is -2.22. The van der Waals surface area contributed by atoms with E-state index < -0.39 is 0 Å². The molecule has 1 unspecified atom stereocenters. The number of thiophene rings is 1. The van der Waals surface area contributed by atoms with Crippen molar-refractivity contribution in [3.63, 3.8) is 0 Å². The molecule has 2 aromatic rings. The topological polar surface area (TPSA) is 12.0 Å². The van der Waals surface area contributed by atoms with Gasteiger partial charge in [-0.15, -0.1) is 11.3 Å². The molecule has 1 N–H and O–H groups in total. The van der Waals surface area contributed by atoms with Gasteiger partial charge in [-0.25, -0.2) is 0 Å². The normalized spacial score (nSPS) is 12.5. The van der Waals surface area contributed by atoms with E-state index in [0.29, 0.717) is 6.04 Å². The molecule has 1 aromatic heterocycles. The molecule has 0 fully saturated rings. The van der Waals surface area contributed by atoms with Crippen LogP contribution < -0.4 is 5.32 Å². The van der Waals surface area contributed by atoms with Crippen molar-refractivity contribution in [3.05, 3.63) is 57.2 Å². The van der Waals surface area contributed by atoms with Gasteiger partial charge < -0.3 is 5.32 Å². The summed E-state index contributed by atoms with van der Waals surface area (Å²) in [5.41, 5.74) is 1.37. The van der Waals surface area contributed by atoms with E-state index in [2.05, 4.69) is 48.6 Å². The molecule has 1 heterocycles. The van der Waals surface area contributed by atoms with Gasteiger partial charge in [0.1, 0.15) is 0 Å². The Bertz CT molecular complexity index is 481. The van der Waals surface area contributed by atoms with Crippen molar-refractivity contribution < 1.29 is 0 Å². The van der Waals surface area contributed by atoms with Crippen LogP contribution in [0.5, 0.6) is 0 Å². The first-order valence-corrected chi connectivity index (χ1v) is 8.01. The molecule has 3 heteroatoms. The minimum atomic E-state index is 0.432. The van der Waals surface area contributed by atoms with Gasteiger partial charge in [-0.2, -0.15) is 0 Å². The Morgan fingerprint density at radius 2 is 1.95 bits per heavy atom. The Labute approximate surface area is 124 Å². The first-order valence-electron chi connectivity index (χ1n) is 6.82. The molecule has 1 aromatic carbocycles. The molecule has 1 nitrogen and oxygen atoms in total. The number of hydrogen-bond acceptors (Lipinski definition) is 2. The van der Waals surface area contributed by atoms with Crippen molar-refractivity contribution in [2.24, 2.45) is 0 Å². The van der Waals surface area contributed by atoms with Crippen LogP contribution in [0.2, 0.25) is 4.34 Å². The van der Waals surface area contributed by atoms with Gasteiger partial charge >= 0.3 is 0 Å². The SMILES string of the molecule is CCCNC(CCc1ccc(Cl)s1)c1ccccc1. The zero-order chi connectivity index (χ0) is 13.5. The summed E-state index contributed by atoms with van der Waals surface area (Å²) in [6, 6.07) is 15.2. The van der Waals surface area contributed by atoms with E-state index in [4.69, 9.17) is 11.6 Å². The predicted octanol–water partition coefficient (Wildman–Crippen LogP) is 5.08. The summed E-state index contributed by atoms with van der Waals surface area (Å²) >= 11 is 7.67. The lowest BCUT2D eigenvalue weighted by molar-refractivity contribution is 0.501. The van der Waals surface area contributed by atoms with Crippen LogP contribution in [0.15, 0.2) is 42.5 Å². The summed E-state index contributed by atoms with van der Waals surface area (Å²) in [7, 11) is 0. The average Bonchev–Trinajstić information content (AvgIpc) is 2.86. The summed E-state index contributed by atoms with van der Waals surface area (Å²) in [6.07, 6.45) is 3.35. The van der Waals surface area contributed by atoms with E-state index in [1.165, 1.54) is 10.4 Å². The standard InChI is InChI=1S/C16H20ClNS/c1-2-12-18-15(13-6-4-3-5-7-13)10-8-14-9-11-16(17)19-14/h3-7,9,11,15,18H,2,8,10,12H2,1H3. The maximum atomic E-state index is 5.98. The van der Waals surface area contributed by atoms with Crippen LogP contribution in [0, 0.1) is 0 Å². The third-order valence-electron chi connectivity index (χ3n) is 3.15. The largest absolute Gasteiger partial charge is 0.310 e. The summed E-state index contributed by atoms with van der Waals surface area (Å²) in [4.78, 5) is 1.37. The molecule has 0 aliphatic rings. The van der Waals surface area contributed by atoms with Gasteiger partial charge in [0.05, 0.1) is 4.34 Å². The molecule has 0 amide bonds. The number of aryl methyl sites for hydroxylation is 1. The minimum Gasteiger partial charge on any atom is -0.310 e. The first kappa shape index (κ1) is 14.6. The highest BCUT2D eigenvalue weighted by Gasteiger charge is 2.10. The highest BCUT2D eigenvalue weighted by molar-refractivity contribution is 7.16. The quantitative estimate of drug-likeness (QED) is 0.751. The summed E-state index contributed by atoms with van der Waals surface area (Å²) < 4.78 is 0.882. The van der Waals surface area contributed by atoms with Crippen LogP contribution in [0.1, 0.15) is 36.2 Å². The fraction of sp³-hybridized carbons (Fsp3) is 0.375. The fourth-order valence-electron chi connectivity index (χ4n) is 2.16. The zero-order valence-electron chi connectivity index (χ0n) is 11.2. The zero-order valence-corrected chi connectivity index (χ0v) is 12.8. The summed E-state index contributed by atoms with van der Waals surface area (Å²) in [5, 5.41) is 3.63. The van der Waals surface area contributed by atoms with Crippen molar-refractivity contribution in [2.75, 3.05) is 6.54 Å². The van der Waals surface area contributed by atoms with Gasteiger partial charge in [-0.3, -0.25) is 0 Å². The summed E-state index contributed by atoms with van der Waals surface area (Å²) in [6.45, 7) is 3.26. The van der Waals surface area contributed by atoms with E-state index in [-0.39, 0.29) is 0 Å². The van der Waals surface area contributed by atoms with Gasteiger partial charge in [0, 0.05) is 10.9 Å². The van der Waals surface area contributed by atoms with E-state index in [9.17, 15) is 0 Å². The number of rotatable bonds is 7. The molecule has 0 radical (unpaired) electrons. The molecule has 0 spiro atoms.